The average molecular weight is 484 g/mol. The van der Waals surface area contributed by atoms with Crippen molar-refractivity contribution in [3.63, 3.8) is 0 Å². The van der Waals surface area contributed by atoms with E-state index in [1.54, 1.807) is 72.0 Å². The van der Waals surface area contributed by atoms with E-state index in [0.29, 0.717) is 56.0 Å². The third-order valence-corrected chi connectivity index (χ3v) is 6.46. The molecular weight excluding hydrogens is 446 g/mol. The van der Waals surface area contributed by atoms with Gasteiger partial charge >= 0.3 is 0 Å². The zero-order valence-corrected chi connectivity index (χ0v) is 21.3. The number of hydrogen-bond acceptors (Lipinski definition) is 5. The first-order chi connectivity index (χ1) is 16.8. The highest BCUT2D eigenvalue weighted by molar-refractivity contribution is 5.99. The predicted octanol–water partition coefficient (Wildman–Crippen LogP) is 2.82. The second-order valence-electron chi connectivity index (χ2n) is 9.19. The number of carbonyl (C=O) groups is 3. The van der Waals surface area contributed by atoms with Gasteiger partial charge in [0.2, 0.25) is 5.91 Å². The SMILES string of the molecule is CN(CCCC[C@H]1C(=O)N(C)CCCCCOc2ccccc2C(=O)N1C)C(=O)c1ccn(C)n1. The van der Waals surface area contributed by atoms with E-state index in [-0.39, 0.29) is 17.7 Å². The zero-order valence-electron chi connectivity index (χ0n) is 21.3. The fourth-order valence-corrected chi connectivity index (χ4v) is 4.27. The number of benzene rings is 1. The molecule has 0 N–H and O–H groups in total. The van der Waals surface area contributed by atoms with Gasteiger partial charge in [-0.05, 0) is 56.7 Å². The van der Waals surface area contributed by atoms with Crippen LogP contribution < -0.4 is 4.74 Å². The van der Waals surface area contributed by atoms with Crippen LogP contribution in [0.25, 0.3) is 0 Å². The molecule has 1 atom stereocenters. The van der Waals surface area contributed by atoms with Crippen LogP contribution in [-0.2, 0) is 11.8 Å². The first-order valence-electron chi connectivity index (χ1n) is 12.3. The van der Waals surface area contributed by atoms with Crippen LogP contribution in [0.5, 0.6) is 5.75 Å². The number of unbranched alkanes of at least 4 members (excludes halogenated alkanes) is 1. The van der Waals surface area contributed by atoms with Crippen LogP contribution in [0.1, 0.15) is 59.4 Å². The fraction of sp³-hybridized carbons (Fsp3) is 0.538. The minimum absolute atomic E-state index is 0.0589. The smallest absolute Gasteiger partial charge is 0.274 e. The van der Waals surface area contributed by atoms with Crippen molar-refractivity contribution in [1.29, 1.82) is 0 Å². The molecule has 1 aromatic heterocycles. The van der Waals surface area contributed by atoms with E-state index in [0.717, 1.165) is 19.3 Å². The normalized spacial score (nSPS) is 17.7. The van der Waals surface area contributed by atoms with Gasteiger partial charge in [0.15, 0.2) is 0 Å². The van der Waals surface area contributed by atoms with Crippen LogP contribution in [0.2, 0.25) is 0 Å². The van der Waals surface area contributed by atoms with E-state index in [1.165, 1.54) is 0 Å². The second kappa shape index (κ2) is 12.4. The van der Waals surface area contributed by atoms with Gasteiger partial charge in [-0.3, -0.25) is 19.1 Å². The van der Waals surface area contributed by atoms with Gasteiger partial charge in [-0.25, -0.2) is 0 Å². The van der Waals surface area contributed by atoms with Crippen molar-refractivity contribution in [2.45, 2.75) is 44.6 Å². The summed E-state index contributed by atoms with van der Waals surface area (Å²) in [5, 5.41) is 4.17. The highest BCUT2D eigenvalue weighted by Gasteiger charge is 2.31. The molecule has 190 valence electrons. The molecule has 0 saturated carbocycles. The van der Waals surface area contributed by atoms with Gasteiger partial charge in [0.25, 0.3) is 11.8 Å². The molecule has 35 heavy (non-hydrogen) atoms. The summed E-state index contributed by atoms with van der Waals surface area (Å²) in [4.78, 5) is 44.2. The Labute approximate surface area is 207 Å². The summed E-state index contributed by atoms with van der Waals surface area (Å²) in [6.45, 7) is 1.73. The first-order valence-corrected chi connectivity index (χ1v) is 12.3. The lowest BCUT2D eigenvalue weighted by Crippen LogP contribution is -2.48. The van der Waals surface area contributed by atoms with Crippen LogP contribution in [-0.4, -0.2) is 89.1 Å². The number of carbonyl (C=O) groups excluding carboxylic acids is 3. The molecule has 1 aromatic carbocycles. The van der Waals surface area contributed by atoms with E-state index in [4.69, 9.17) is 4.74 Å². The summed E-state index contributed by atoms with van der Waals surface area (Å²) < 4.78 is 7.51. The van der Waals surface area contributed by atoms with Crippen molar-refractivity contribution in [2.24, 2.45) is 7.05 Å². The van der Waals surface area contributed by atoms with Gasteiger partial charge in [0, 0.05) is 47.5 Å². The maximum atomic E-state index is 13.4. The molecule has 0 fully saturated rings. The minimum Gasteiger partial charge on any atom is -0.493 e. The molecule has 3 amide bonds. The van der Waals surface area contributed by atoms with E-state index < -0.39 is 6.04 Å². The van der Waals surface area contributed by atoms with Crippen molar-refractivity contribution < 1.29 is 19.1 Å². The quantitative estimate of drug-likeness (QED) is 0.590. The standard InChI is InChI=1S/C26H37N5O4/c1-28(25(33)21-15-18-30(3)27-21)17-10-8-13-22-26(34)29(2)16-9-5-11-19-35-23-14-7-6-12-20(23)24(32)31(22)4/h6-7,12,14-15,18,22H,5,8-11,13,16-17,19H2,1-4H3/t22-/m0/s1. The van der Waals surface area contributed by atoms with Gasteiger partial charge in [0.1, 0.15) is 17.5 Å². The Balaban J connectivity index is 1.68. The van der Waals surface area contributed by atoms with Crippen molar-refractivity contribution in [3.05, 3.63) is 47.8 Å². The lowest BCUT2D eigenvalue weighted by Gasteiger charge is -2.31. The molecule has 0 bridgehead atoms. The van der Waals surface area contributed by atoms with Crippen LogP contribution in [0.4, 0.5) is 0 Å². The lowest BCUT2D eigenvalue weighted by molar-refractivity contribution is -0.134. The summed E-state index contributed by atoms with van der Waals surface area (Å²) in [6, 6.07) is 8.32. The molecule has 1 aliphatic heterocycles. The molecule has 9 nitrogen and oxygen atoms in total. The number of likely N-dealkylation sites (N-methyl/N-ethyl adjacent to an activating group) is 2. The molecule has 9 heteroatoms. The molecule has 0 radical (unpaired) electrons. The summed E-state index contributed by atoms with van der Waals surface area (Å²) in [7, 11) is 7.02. The topological polar surface area (TPSA) is 88.0 Å². The molecule has 2 heterocycles. The zero-order chi connectivity index (χ0) is 25.4. The van der Waals surface area contributed by atoms with Crippen LogP contribution in [0.3, 0.4) is 0 Å². The lowest BCUT2D eigenvalue weighted by atomic mass is 10.0. The van der Waals surface area contributed by atoms with Gasteiger partial charge in [0.05, 0.1) is 12.2 Å². The van der Waals surface area contributed by atoms with E-state index in [9.17, 15) is 14.4 Å². The first kappa shape index (κ1) is 26.2. The molecule has 1 aliphatic rings. The van der Waals surface area contributed by atoms with Gasteiger partial charge in [-0.15, -0.1) is 0 Å². The summed E-state index contributed by atoms with van der Waals surface area (Å²) >= 11 is 0. The minimum atomic E-state index is -0.585. The summed E-state index contributed by atoms with van der Waals surface area (Å²) in [5.41, 5.74) is 0.878. The number of para-hydroxylation sites is 1. The number of aryl methyl sites for hydroxylation is 1. The van der Waals surface area contributed by atoms with Gasteiger partial charge in [-0.2, -0.15) is 5.10 Å². The molecule has 3 rings (SSSR count). The molecule has 0 unspecified atom stereocenters. The maximum Gasteiger partial charge on any atom is 0.274 e. The van der Waals surface area contributed by atoms with Crippen molar-refractivity contribution in [2.75, 3.05) is 40.8 Å². The molecule has 0 saturated heterocycles. The Kier molecular flexibility index (Phi) is 9.28. The monoisotopic (exact) mass is 483 g/mol. The highest BCUT2D eigenvalue weighted by atomic mass is 16.5. The fourth-order valence-electron chi connectivity index (χ4n) is 4.27. The van der Waals surface area contributed by atoms with Crippen molar-refractivity contribution >= 4 is 17.7 Å². The Morgan fingerprint density at radius 2 is 1.86 bits per heavy atom. The number of amides is 3. The third kappa shape index (κ3) is 6.83. The second-order valence-corrected chi connectivity index (χ2v) is 9.19. The van der Waals surface area contributed by atoms with Gasteiger partial charge in [-0.1, -0.05) is 12.1 Å². The molecule has 2 aromatic rings. The average Bonchev–Trinajstić information content (AvgIpc) is 3.30. The largest absolute Gasteiger partial charge is 0.493 e. The summed E-state index contributed by atoms with van der Waals surface area (Å²) in [6.07, 6.45) is 6.37. The number of nitrogens with zero attached hydrogens (tertiary/aromatic N) is 5. The van der Waals surface area contributed by atoms with Crippen molar-refractivity contribution in [1.82, 2.24) is 24.5 Å². The van der Waals surface area contributed by atoms with Crippen LogP contribution in [0.15, 0.2) is 36.5 Å². The number of hydrogen-bond donors (Lipinski definition) is 0. The van der Waals surface area contributed by atoms with E-state index in [1.807, 2.05) is 12.1 Å². The number of rotatable bonds is 6. The maximum absolute atomic E-state index is 13.4. The van der Waals surface area contributed by atoms with Gasteiger partial charge < -0.3 is 19.4 Å². The Bertz CT molecular complexity index is 1020. The molecular formula is C26H37N5O4. The summed E-state index contributed by atoms with van der Waals surface area (Å²) in [5.74, 6) is 0.135. The number of fused-ring (bicyclic) bond motifs is 1. The highest BCUT2D eigenvalue weighted by Crippen LogP contribution is 2.23. The van der Waals surface area contributed by atoms with Crippen LogP contribution in [0, 0.1) is 0 Å². The van der Waals surface area contributed by atoms with Crippen molar-refractivity contribution in [3.8, 4) is 5.75 Å². The number of ether oxygens (including phenoxy) is 1. The van der Waals surface area contributed by atoms with Crippen LogP contribution >= 0.6 is 0 Å². The predicted molar refractivity (Wildman–Crippen MR) is 133 cm³/mol. The molecule has 0 spiro atoms. The van der Waals surface area contributed by atoms with E-state index >= 15 is 0 Å². The Morgan fingerprint density at radius 1 is 1.09 bits per heavy atom. The van der Waals surface area contributed by atoms with E-state index in [2.05, 4.69) is 5.10 Å². The number of aromatic nitrogens is 2. The Hall–Kier alpha value is -3.36. The Morgan fingerprint density at radius 3 is 2.60 bits per heavy atom. The third-order valence-electron chi connectivity index (χ3n) is 6.46. The molecule has 0 aliphatic carbocycles.